The van der Waals surface area contributed by atoms with Crippen molar-refractivity contribution in [3.05, 3.63) is 101 Å². The maximum atomic E-state index is 14.1. The highest BCUT2D eigenvalue weighted by molar-refractivity contribution is 5.70. The molecule has 0 heterocycles. The van der Waals surface area contributed by atoms with Gasteiger partial charge in [0.1, 0.15) is 17.4 Å². The third-order valence-electron chi connectivity index (χ3n) is 4.70. The highest BCUT2D eigenvalue weighted by atomic mass is 19.1. The Morgan fingerprint density at radius 1 is 0.893 bits per heavy atom. The Morgan fingerprint density at radius 2 is 1.54 bits per heavy atom. The zero-order valence-electron chi connectivity index (χ0n) is 16.2. The van der Waals surface area contributed by atoms with Crippen LogP contribution < -0.4 is 4.74 Å². The zero-order chi connectivity index (χ0) is 19.9. The van der Waals surface area contributed by atoms with Gasteiger partial charge in [0.2, 0.25) is 0 Å². The van der Waals surface area contributed by atoms with Crippen LogP contribution >= 0.6 is 0 Å². The van der Waals surface area contributed by atoms with E-state index in [0.29, 0.717) is 12.5 Å². The average Bonchev–Trinajstić information content (AvgIpc) is 2.69. The number of halogens is 2. The number of rotatable bonds is 7. The molecule has 0 aliphatic heterocycles. The van der Waals surface area contributed by atoms with Crippen molar-refractivity contribution in [1.82, 2.24) is 0 Å². The van der Waals surface area contributed by atoms with Crippen molar-refractivity contribution in [3.8, 4) is 5.75 Å². The molecule has 1 atom stereocenters. The van der Waals surface area contributed by atoms with E-state index in [1.807, 2.05) is 18.2 Å². The van der Waals surface area contributed by atoms with E-state index in [0.717, 1.165) is 12.0 Å². The van der Waals surface area contributed by atoms with Crippen LogP contribution in [0.25, 0.3) is 12.2 Å². The van der Waals surface area contributed by atoms with Gasteiger partial charge in [-0.05, 0) is 42.0 Å². The van der Waals surface area contributed by atoms with Gasteiger partial charge in [0, 0.05) is 17.7 Å². The van der Waals surface area contributed by atoms with Crippen molar-refractivity contribution in [3.63, 3.8) is 0 Å². The highest BCUT2D eigenvalue weighted by Crippen LogP contribution is 2.24. The van der Waals surface area contributed by atoms with Gasteiger partial charge in [-0.2, -0.15) is 0 Å². The third kappa shape index (κ3) is 5.07. The molecule has 0 unspecified atom stereocenters. The minimum absolute atomic E-state index is 0.0646. The van der Waals surface area contributed by atoms with E-state index in [1.165, 1.54) is 29.3 Å². The Balaban J connectivity index is 1.69. The molecule has 0 saturated carbocycles. The fraction of sp³-hybridized carbons (Fsp3) is 0.200. The Bertz CT molecular complexity index is 908. The SMILES string of the molecule is CCOc1cc(F)c(C=Cc2ccc(C[C@@H](C)c3ccccc3)cc2)c(F)c1. The Hall–Kier alpha value is -2.94. The molecule has 0 bridgehead atoms. The number of hydrogen-bond acceptors (Lipinski definition) is 1. The molecule has 0 fully saturated rings. The van der Waals surface area contributed by atoms with Crippen molar-refractivity contribution >= 4 is 12.2 Å². The van der Waals surface area contributed by atoms with Crippen molar-refractivity contribution in [2.75, 3.05) is 6.61 Å². The van der Waals surface area contributed by atoms with E-state index in [1.54, 1.807) is 13.0 Å². The molecule has 3 aromatic rings. The van der Waals surface area contributed by atoms with E-state index in [4.69, 9.17) is 4.74 Å². The number of ether oxygens (including phenoxy) is 1. The van der Waals surface area contributed by atoms with Crippen molar-refractivity contribution < 1.29 is 13.5 Å². The molecule has 0 aromatic heterocycles. The number of benzene rings is 3. The third-order valence-corrected chi connectivity index (χ3v) is 4.70. The molecule has 144 valence electrons. The van der Waals surface area contributed by atoms with E-state index in [2.05, 4.69) is 43.3 Å². The lowest BCUT2D eigenvalue weighted by Crippen LogP contribution is -1.98. The molecule has 0 spiro atoms. The fourth-order valence-electron chi connectivity index (χ4n) is 3.17. The molecule has 1 nitrogen and oxygen atoms in total. The predicted octanol–water partition coefficient (Wildman–Crippen LogP) is 6.88. The van der Waals surface area contributed by atoms with Crippen LogP contribution in [0.3, 0.4) is 0 Å². The van der Waals surface area contributed by atoms with Crippen LogP contribution in [-0.4, -0.2) is 6.61 Å². The minimum Gasteiger partial charge on any atom is -0.494 e. The van der Waals surface area contributed by atoms with Gasteiger partial charge in [0.05, 0.1) is 6.61 Å². The summed E-state index contributed by atoms with van der Waals surface area (Å²) >= 11 is 0. The lowest BCUT2D eigenvalue weighted by molar-refractivity contribution is 0.335. The van der Waals surface area contributed by atoms with E-state index >= 15 is 0 Å². The molecule has 28 heavy (non-hydrogen) atoms. The fourth-order valence-corrected chi connectivity index (χ4v) is 3.17. The maximum absolute atomic E-state index is 14.1. The van der Waals surface area contributed by atoms with Gasteiger partial charge in [-0.15, -0.1) is 0 Å². The maximum Gasteiger partial charge on any atom is 0.137 e. The molecule has 3 heteroatoms. The van der Waals surface area contributed by atoms with Crippen LogP contribution in [0.2, 0.25) is 0 Å². The molecular formula is C25H24F2O. The lowest BCUT2D eigenvalue weighted by Gasteiger charge is -2.12. The second kappa shape index (κ2) is 9.32. The van der Waals surface area contributed by atoms with E-state index < -0.39 is 11.6 Å². The molecule has 3 rings (SSSR count). The average molecular weight is 378 g/mol. The molecule has 0 saturated heterocycles. The minimum atomic E-state index is -0.631. The van der Waals surface area contributed by atoms with E-state index in [-0.39, 0.29) is 11.3 Å². The predicted molar refractivity (Wildman–Crippen MR) is 111 cm³/mol. The van der Waals surface area contributed by atoms with Crippen LogP contribution in [0, 0.1) is 11.6 Å². The zero-order valence-corrected chi connectivity index (χ0v) is 16.2. The highest BCUT2D eigenvalue weighted by Gasteiger charge is 2.09. The van der Waals surface area contributed by atoms with Crippen molar-refractivity contribution in [1.29, 1.82) is 0 Å². The normalized spacial score (nSPS) is 12.3. The second-order valence-electron chi connectivity index (χ2n) is 6.82. The molecule has 0 aliphatic rings. The summed E-state index contributed by atoms with van der Waals surface area (Å²) in [5, 5.41) is 0. The van der Waals surface area contributed by atoms with Gasteiger partial charge in [-0.1, -0.05) is 67.6 Å². The molecule has 0 radical (unpaired) electrons. The molecular weight excluding hydrogens is 354 g/mol. The Kier molecular flexibility index (Phi) is 6.59. The first-order valence-corrected chi connectivity index (χ1v) is 9.50. The first kappa shape index (κ1) is 19.8. The standard InChI is InChI=1S/C25H24F2O/c1-3-28-22-16-24(26)23(25(27)17-22)14-13-19-9-11-20(12-10-19)15-18(2)21-7-5-4-6-8-21/h4-14,16-18H,3,15H2,1-2H3/t18-/m1/s1. The summed E-state index contributed by atoms with van der Waals surface area (Å²) in [4.78, 5) is 0. The van der Waals surface area contributed by atoms with Gasteiger partial charge in [-0.3, -0.25) is 0 Å². The summed E-state index contributed by atoms with van der Waals surface area (Å²) in [5.74, 6) is -0.637. The summed E-state index contributed by atoms with van der Waals surface area (Å²) in [6.07, 6.45) is 4.12. The van der Waals surface area contributed by atoms with Crippen molar-refractivity contribution in [2.45, 2.75) is 26.2 Å². The molecule has 3 aromatic carbocycles. The molecule has 0 amide bonds. The van der Waals surface area contributed by atoms with Crippen LogP contribution in [0.5, 0.6) is 5.75 Å². The summed E-state index contributed by atoms with van der Waals surface area (Å²) in [7, 11) is 0. The smallest absolute Gasteiger partial charge is 0.137 e. The van der Waals surface area contributed by atoms with Crippen molar-refractivity contribution in [2.24, 2.45) is 0 Å². The monoisotopic (exact) mass is 378 g/mol. The topological polar surface area (TPSA) is 9.23 Å². The van der Waals surface area contributed by atoms with Gasteiger partial charge in [0.15, 0.2) is 0 Å². The largest absolute Gasteiger partial charge is 0.494 e. The first-order chi connectivity index (χ1) is 13.6. The Labute approximate surface area is 165 Å². The van der Waals surface area contributed by atoms with Crippen LogP contribution in [0.15, 0.2) is 66.7 Å². The quantitative estimate of drug-likeness (QED) is 0.407. The Morgan fingerprint density at radius 3 is 2.14 bits per heavy atom. The first-order valence-electron chi connectivity index (χ1n) is 9.50. The lowest BCUT2D eigenvalue weighted by atomic mass is 9.93. The van der Waals surface area contributed by atoms with E-state index in [9.17, 15) is 8.78 Å². The summed E-state index contributed by atoms with van der Waals surface area (Å²) < 4.78 is 33.4. The molecule has 0 aliphatic carbocycles. The summed E-state index contributed by atoms with van der Waals surface area (Å²) in [5.41, 5.74) is 3.37. The summed E-state index contributed by atoms with van der Waals surface area (Å²) in [6, 6.07) is 20.9. The van der Waals surface area contributed by atoms with Gasteiger partial charge in [0.25, 0.3) is 0 Å². The second-order valence-corrected chi connectivity index (χ2v) is 6.82. The van der Waals surface area contributed by atoms with Crippen LogP contribution in [-0.2, 0) is 6.42 Å². The van der Waals surface area contributed by atoms with Gasteiger partial charge >= 0.3 is 0 Å². The van der Waals surface area contributed by atoms with Crippen LogP contribution in [0.4, 0.5) is 8.78 Å². The molecule has 0 N–H and O–H groups in total. The van der Waals surface area contributed by atoms with Gasteiger partial charge < -0.3 is 4.74 Å². The van der Waals surface area contributed by atoms with Gasteiger partial charge in [-0.25, -0.2) is 8.78 Å². The van der Waals surface area contributed by atoms with Crippen LogP contribution in [0.1, 0.15) is 42.0 Å². The number of hydrogen-bond donors (Lipinski definition) is 0. The summed E-state index contributed by atoms with van der Waals surface area (Å²) in [6.45, 7) is 4.35.